The largest absolute Gasteiger partial charge is 0.239 e. The molecule has 0 heterocycles. The number of allylic oxidation sites excluding steroid dienone is 1. The molecule has 1 aliphatic rings. The third-order valence-electron chi connectivity index (χ3n) is 5.70. The van der Waals surface area contributed by atoms with Gasteiger partial charge in [-0.15, -0.1) is 0 Å². The Hall–Kier alpha value is -2.17. The molecule has 1 unspecified atom stereocenters. The molecule has 0 saturated carbocycles. The van der Waals surface area contributed by atoms with Crippen molar-refractivity contribution in [3.05, 3.63) is 75.6 Å². The molecule has 0 saturated heterocycles. The number of fused-ring (bicyclic) bond motifs is 1. The van der Waals surface area contributed by atoms with Crippen molar-refractivity contribution < 1.29 is 22.0 Å². The van der Waals surface area contributed by atoms with E-state index in [4.69, 9.17) is 0 Å². The quantitative estimate of drug-likeness (QED) is 0.284. The first kappa shape index (κ1) is 22.5. The lowest BCUT2D eigenvalue weighted by molar-refractivity contribution is 0.173. The summed E-state index contributed by atoms with van der Waals surface area (Å²) >= 11 is 0. The molecular formula is C25H27F5. The number of alkyl halides is 2. The summed E-state index contributed by atoms with van der Waals surface area (Å²) in [6.45, 7) is 2.14. The fraction of sp³-hybridized carbons (Fsp3) is 0.440. The Morgan fingerprint density at radius 1 is 0.733 bits per heavy atom. The van der Waals surface area contributed by atoms with Gasteiger partial charge in [-0.05, 0) is 66.1 Å². The minimum absolute atomic E-state index is 0.0105. The first-order valence-electron chi connectivity index (χ1n) is 10.7. The molecule has 1 aliphatic carbocycles. The summed E-state index contributed by atoms with van der Waals surface area (Å²) < 4.78 is 69.9. The third kappa shape index (κ3) is 5.30. The molecule has 0 N–H and O–H groups in total. The zero-order valence-electron chi connectivity index (χ0n) is 17.2. The monoisotopic (exact) mass is 422 g/mol. The molecule has 2 aromatic rings. The predicted molar refractivity (Wildman–Crippen MR) is 111 cm³/mol. The van der Waals surface area contributed by atoms with Crippen LogP contribution in [0.3, 0.4) is 0 Å². The molecular weight excluding hydrogens is 395 g/mol. The van der Waals surface area contributed by atoms with Crippen molar-refractivity contribution in [2.45, 2.75) is 70.6 Å². The first-order valence-corrected chi connectivity index (χ1v) is 10.7. The van der Waals surface area contributed by atoms with Gasteiger partial charge in [0.2, 0.25) is 0 Å². The molecule has 0 amide bonds. The second-order valence-corrected chi connectivity index (χ2v) is 8.00. The van der Waals surface area contributed by atoms with Crippen molar-refractivity contribution in [2.24, 2.45) is 0 Å². The van der Waals surface area contributed by atoms with Crippen LogP contribution in [-0.4, -0.2) is 6.17 Å². The molecule has 30 heavy (non-hydrogen) atoms. The Kier molecular flexibility index (Phi) is 7.68. The SMILES string of the molecule is CCCCCCCc1cc(F)c(CCc2ccc3c(c2)C=C(F)[C@@H](F)C3F)c(F)c1. The van der Waals surface area contributed by atoms with Crippen LogP contribution in [0.5, 0.6) is 0 Å². The van der Waals surface area contributed by atoms with Crippen LogP contribution >= 0.6 is 0 Å². The Bertz CT molecular complexity index is 879. The predicted octanol–water partition coefficient (Wildman–Crippen LogP) is 7.94. The van der Waals surface area contributed by atoms with Crippen molar-refractivity contribution >= 4 is 6.08 Å². The summed E-state index contributed by atoms with van der Waals surface area (Å²) in [6.07, 6.45) is 3.17. The second-order valence-electron chi connectivity index (χ2n) is 8.00. The highest BCUT2D eigenvalue weighted by molar-refractivity contribution is 5.61. The van der Waals surface area contributed by atoms with Crippen molar-refractivity contribution in [1.29, 1.82) is 0 Å². The van der Waals surface area contributed by atoms with E-state index in [9.17, 15) is 22.0 Å². The number of unbranched alkanes of at least 4 members (excludes halogenated alkanes) is 4. The number of halogens is 5. The molecule has 0 radical (unpaired) electrons. The minimum atomic E-state index is -2.28. The van der Waals surface area contributed by atoms with Crippen LogP contribution < -0.4 is 0 Å². The van der Waals surface area contributed by atoms with E-state index in [0.717, 1.165) is 31.8 Å². The molecule has 0 aliphatic heterocycles. The Morgan fingerprint density at radius 2 is 1.43 bits per heavy atom. The number of benzene rings is 2. The summed E-state index contributed by atoms with van der Waals surface area (Å²) in [4.78, 5) is 0. The van der Waals surface area contributed by atoms with Gasteiger partial charge < -0.3 is 0 Å². The Morgan fingerprint density at radius 3 is 2.13 bits per heavy atom. The van der Waals surface area contributed by atoms with E-state index in [-0.39, 0.29) is 23.1 Å². The molecule has 2 atom stereocenters. The zero-order valence-corrected chi connectivity index (χ0v) is 17.2. The minimum Gasteiger partial charge on any atom is -0.239 e. The standard InChI is InChI=1S/C25H27F5/c1-2-3-4-5-6-7-17-13-21(26)20(22(27)14-17)11-9-16-8-10-19-18(12-16)15-23(28)25(30)24(19)29/h8,10,12-15,24-25H,2-7,9,11H2,1H3/t24?,25-/m1/s1. The van der Waals surface area contributed by atoms with Crippen molar-refractivity contribution in [1.82, 2.24) is 0 Å². The van der Waals surface area contributed by atoms with Crippen LogP contribution in [0, 0.1) is 11.6 Å². The van der Waals surface area contributed by atoms with Gasteiger partial charge in [-0.3, -0.25) is 0 Å². The van der Waals surface area contributed by atoms with Crippen LogP contribution in [0.15, 0.2) is 36.2 Å². The van der Waals surface area contributed by atoms with E-state index in [1.807, 2.05) is 0 Å². The van der Waals surface area contributed by atoms with E-state index >= 15 is 0 Å². The summed E-state index contributed by atoms with van der Waals surface area (Å²) in [6, 6.07) is 7.36. The molecule has 2 aromatic carbocycles. The summed E-state index contributed by atoms with van der Waals surface area (Å²) in [5, 5.41) is 0. The zero-order chi connectivity index (χ0) is 21.7. The van der Waals surface area contributed by atoms with Gasteiger partial charge in [0, 0.05) is 5.56 Å². The van der Waals surface area contributed by atoms with Crippen LogP contribution in [-0.2, 0) is 19.3 Å². The van der Waals surface area contributed by atoms with E-state index in [2.05, 4.69) is 6.92 Å². The van der Waals surface area contributed by atoms with Gasteiger partial charge in [0.1, 0.15) is 17.5 Å². The Labute approximate surface area is 174 Å². The van der Waals surface area contributed by atoms with Crippen LogP contribution in [0.25, 0.3) is 6.08 Å². The normalized spacial score (nSPS) is 18.3. The van der Waals surface area contributed by atoms with Crippen molar-refractivity contribution in [2.75, 3.05) is 0 Å². The summed E-state index contributed by atoms with van der Waals surface area (Å²) in [5.74, 6) is -2.27. The van der Waals surface area contributed by atoms with E-state index < -0.39 is 29.8 Å². The van der Waals surface area contributed by atoms with Crippen LogP contribution in [0.1, 0.15) is 73.0 Å². The molecule has 0 fully saturated rings. The van der Waals surface area contributed by atoms with Crippen LogP contribution in [0.2, 0.25) is 0 Å². The molecule has 3 rings (SSSR count). The average molecular weight is 422 g/mol. The van der Waals surface area contributed by atoms with Gasteiger partial charge in [-0.2, -0.15) is 0 Å². The molecule has 0 nitrogen and oxygen atoms in total. The highest BCUT2D eigenvalue weighted by atomic mass is 19.2. The number of hydrogen-bond acceptors (Lipinski definition) is 0. The Balaban J connectivity index is 1.65. The average Bonchev–Trinajstić information content (AvgIpc) is 2.71. The highest BCUT2D eigenvalue weighted by Crippen LogP contribution is 2.38. The lowest BCUT2D eigenvalue weighted by Crippen LogP contribution is -2.16. The number of aryl methyl sites for hydroxylation is 2. The van der Waals surface area contributed by atoms with Crippen molar-refractivity contribution in [3.8, 4) is 0 Å². The van der Waals surface area contributed by atoms with E-state index in [1.54, 1.807) is 12.1 Å². The smallest absolute Gasteiger partial charge is 0.186 e. The van der Waals surface area contributed by atoms with Crippen LogP contribution in [0.4, 0.5) is 22.0 Å². The fourth-order valence-electron chi connectivity index (χ4n) is 3.92. The summed E-state index contributed by atoms with van der Waals surface area (Å²) in [7, 11) is 0. The molecule has 5 heteroatoms. The maximum atomic E-state index is 14.5. The first-order chi connectivity index (χ1) is 14.4. The topological polar surface area (TPSA) is 0 Å². The number of rotatable bonds is 9. The lowest BCUT2D eigenvalue weighted by Gasteiger charge is -2.20. The van der Waals surface area contributed by atoms with E-state index in [0.29, 0.717) is 24.0 Å². The molecule has 162 valence electrons. The number of hydrogen-bond donors (Lipinski definition) is 0. The maximum Gasteiger partial charge on any atom is 0.186 e. The molecule has 0 spiro atoms. The van der Waals surface area contributed by atoms with Gasteiger partial charge in [0.05, 0.1) is 0 Å². The lowest BCUT2D eigenvalue weighted by atomic mass is 9.91. The highest BCUT2D eigenvalue weighted by Gasteiger charge is 2.32. The van der Waals surface area contributed by atoms with Gasteiger partial charge in [-0.25, -0.2) is 22.0 Å². The maximum absolute atomic E-state index is 14.5. The fourth-order valence-corrected chi connectivity index (χ4v) is 3.92. The molecule has 0 aromatic heterocycles. The third-order valence-corrected chi connectivity index (χ3v) is 5.70. The van der Waals surface area contributed by atoms with Gasteiger partial charge in [0.25, 0.3) is 0 Å². The summed E-state index contributed by atoms with van der Waals surface area (Å²) in [5.41, 5.74) is 1.71. The second kappa shape index (κ2) is 10.2. The van der Waals surface area contributed by atoms with Gasteiger partial charge >= 0.3 is 0 Å². The van der Waals surface area contributed by atoms with Gasteiger partial charge in [-0.1, -0.05) is 50.8 Å². The molecule has 0 bridgehead atoms. The van der Waals surface area contributed by atoms with Crippen molar-refractivity contribution in [3.63, 3.8) is 0 Å². The van der Waals surface area contributed by atoms with Gasteiger partial charge in [0.15, 0.2) is 12.3 Å². The van der Waals surface area contributed by atoms with E-state index in [1.165, 1.54) is 24.6 Å².